The Balaban J connectivity index is 1.43. The van der Waals surface area contributed by atoms with Gasteiger partial charge >= 0.3 is 0 Å². The van der Waals surface area contributed by atoms with E-state index in [1.165, 1.54) is 17.3 Å². The zero-order chi connectivity index (χ0) is 17.9. The maximum Gasteiger partial charge on any atom is 0.277 e. The molecule has 130 valence electrons. The molecule has 0 saturated heterocycles. The molecule has 0 aliphatic rings. The van der Waals surface area contributed by atoms with Crippen LogP contribution in [0, 0.1) is 6.92 Å². The van der Waals surface area contributed by atoms with Crippen molar-refractivity contribution in [1.29, 1.82) is 0 Å². The van der Waals surface area contributed by atoms with Gasteiger partial charge in [-0.05, 0) is 25.1 Å². The summed E-state index contributed by atoms with van der Waals surface area (Å²) in [6.07, 6.45) is 0. The molecular weight excluding hydrogens is 430 g/mol. The number of rotatable bonds is 5. The van der Waals surface area contributed by atoms with E-state index in [0.29, 0.717) is 16.9 Å². The second kappa shape index (κ2) is 7.73. The highest BCUT2D eigenvalue weighted by Gasteiger charge is 2.11. The maximum absolute atomic E-state index is 5.75. The average Bonchev–Trinajstić information content (AvgIpc) is 3.30. The summed E-state index contributed by atoms with van der Waals surface area (Å²) in [5, 5.41) is 11.9. The predicted molar refractivity (Wildman–Crippen MR) is 109 cm³/mol. The lowest BCUT2D eigenvalue weighted by atomic mass is 10.2. The van der Waals surface area contributed by atoms with Crippen molar-refractivity contribution in [2.75, 3.05) is 0 Å². The van der Waals surface area contributed by atoms with E-state index in [9.17, 15) is 0 Å². The molecule has 7 heteroatoms. The first-order valence-corrected chi connectivity index (χ1v) is 10.6. The number of halogens is 1. The standard InChI is InChI=1S/C19H14BrN3OS2/c1-12-5-7-13(8-6-12)18-21-16(10-25-18)11-26-19-23-22-17(24-19)14-3-2-4-15(20)9-14/h2-10H,11H2,1H3. The fraction of sp³-hybridized carbons (Fsp3) is 0.105. The molecule has 0 spiro atoms. The van der Waals surface area contributed by atoms with E-state index < -0.39 is 0 Å². The molecule has 26 heavy (non-hydrogen) atoms. The van der Waals surface area contributed by atoms with Crippen LogP contribution in [0.5, 0.6) is 0 Å². The molecule has 0 aliphatic heterocycles. The van der Waals surface area contributed by atoms with Crippen LogP contribution in [-0.2, 0) is 5.75 Å². The van der Waals surface area contributed by atoms with Crippen LogP contribution in [0.1, 0.15) is 11.3 Å². The molecule has 2 aromatic heterocycles. The maximum atomic E-state index is 5.75. The molecule has 4 rings (SSSR count). The molecule has 0 radical (unpaired) electrons. The van der Waals surface area contributed by atoms with Crippen LogP contribution in [0.3, 0.4) is 0 Å². The van der Waals surface area contributed by atoms with Gasteiger partial charge in [0.05, 0.1) is 5.69 Å². The van der Waals surface area contributed by atoms with Gasteiger partial charge in [-0.1, -0.05) is 63.6 Å². The van der Waals surface area contributed by atoms with E-state index >= 15 is 0 Å². The SMILES string of the molecule is Cc1ccc(-c2nc(CSc3nnc(-c4cccc(Br)c4)o3)cs2)cc1. The summed E-state index contributed by atoms with van der Waals surface area (Å²) in [6.45, 7) is 2.08. The summed E-state index contributed by atoms with van der Waals surface area (Å²) < 4.78 is 6.73. The molecule has 0 bridgehead atoms. The van der Waals surface area contributed by atoms with Gasteiger partial charge in [0.2, 0.25) is 5.89 Å². The second-order valence-electron chi connectivity index (χ2n) is 5.68. The van der Waals surface area contributed by atoms with E-state index in [-0.39, 0.29) is 0 Å². The molecule has 2 aromatic carbocycles. The van der Waals surface area contributed by atoms with Gasteiger partial charge in [-0.2, -0.15) is 0 Å². The lowest BCUT2D eigenvalue weighted by molar-refractivity contribution is 0.466. The lowest BCUT2D eigenvalue weighted by Crippen LogP contribution is -1.82. The molecule has 4 aromatic rings. The molecule has 0 amide bonds. The monoisotopic (exact) mass is 443 g/mol. The topological polar surface area (TPSA) is 51.8 Å². The highest BCUT2D eigenvalue weighted by atomic mass is 79.9. The summed E-state index contributed by atoms with van der Waals surface area (Å²) in [7, 11) is 0. The van der Waals surface area contributed by atoms with Crippen LogP contribution in [0.25, 0.3) is 22.0 Å². The van der Waals surface area contributed by atoms with E-state index in [4.69, 9.17) is 9.40 Å². The molecule has 0 atom stereocenters. The molecule has 0 unspecified atom stereocenters. The van der Waals surface area contributed by atoms with Gasteiger partial charge in [0.1, 0.15) is 5.01 Å². The van der Waals surface area contributed by atoms with Crippen molar-refractivity contribution >= 4 is 39.0 Å². The average molecular weight is 444 g/mol. The largest absolute Gasteiger partial charge is 0.411 e. The Bertz CT molecular complexity index is 1030. The number of thiazole rings is 1. The fourth-order valence-corrected chi connectivity index (χ4v) is 4.33. The highest BCUT2D eigenvalue weighted by molar-refractivity contribution is 9.10. The number of aryl methyl sites for hydroxylation is 1. The van der Waals surface area contributed by atoms with Crippen molar-refractivity contribution in [3.05, 3.63) is 69.6 Å². The normalized spacial score (nSPS) is 11.0. The molecule has 0 saturated carbocycles. The van der Waals surface area contributed by atoms with Gasteiger partial charge < -0.3 is 4.42 Å². The van der Waals surface area contributed by atoms with Crippen molar-refractivity contribution in [3.8, 4) is 22.0 Å². The van der Waals surface area contributed by atoms with Gasteiger partial charge in [-0.3, -0.25) is 0 Å². The summed E-state index contributed by atoms with van der Waals surface area (Å²) >= 11 is 6.60. The smallest absolute Gasteiger partial charge is 0.277 e. The number of hydrogen-bond donors (Lipinski definition) is 0. The number of nitrogens with zero attached hydrogens (tertiary/aromatic N) is 3. The number of aromatic nitrogens is 3. The third-order valence-corrected chi connectivity index (χ3v) is 5.96. The Labute approximate surface area is 167 Å². The first kappa shape index (κ1) is 17.5. The minimum Gasteiger partial charge on any atom is -0.411 e. The van der Waals surface area contributed by atoms with Crippen LogP contribution >= 0.6 is 39.0 Å². The second-order valence-corrected chi connectivity index (χ2v) is 8.38. The predicted octanol–water partition coefficient (Wildman–Crippen LogP) is 6.22. The Morgan fingerprint density at radius 3 is 2.73 bits per heavy atom. The van der Waals surface area contributed by atoms with Crippen LogP contribution in [0.4, 0.5) is 0 Å². The van der Waals surface area contributed by atoms with Crippen LogP contribution < -0.4 is 0 Å². The van der Waals surface area contributed by atoms with Gasteiger partial charge in [0.25, 0.3) is 5.22 Å². The molecule has 0 N–H and O–H groups in total. The summed E-state index contributed by atoms with van der Waals surface area (Å²) in [5.74, 6) is 1.22. The summed E-state index contributed by atoms with van der Waals surface area (Å²) in [4.78, 5) is 4.70. The quantitative estimate of drug-likeness (QED) is 0.342. The zero-order valence-electron chi connectivity index (χ0n) is 13.8. The van der Waals surface area contributed by atoms with E-state index in [1.54, 1.807) is 11.3 Å². The minimum absolute atomic E-state index is 0.521. The fourth-order valence-electron chi connectivity index (χ4n) is 2.34. The molecule has 0 fully saturated rings. The van der Waals surface area contributed by atoms with Crippen LogP contribution in [-0.4, -0.2) is 15.2 Å². The van der Waals surface area contributed by atoms with Crippen molar-refractivity contribution in [2.24, 2.45) is 0 Å². The van der Waals surface area contributed by atoms with Crippen molar-refractivity contribution in [3.63, 3.8) is 0 Å². The number of benzene rings is 2. The first-order chi connectivity index (χ1) is 12.7. The van der Waals surface area contributed by atoms with Crippen molar-refractivity contribution in [2.45, 2.75) is 17.9 Å². The summed E-state index contributed by atoms with van der Waals surface area (Å²) in [6, 6.07) is 16.2. The summed E-state index contributed by atoms with van der Waals surface area (Å²) in [5.41, 5.74) is 4.30. The zero-order valence-corrected chi connectivity index (χ0v) is 17.1. The van der Waals surface area contributed by atoms with Crippen LogP contribution in [0.2, 0.25) is 0 Å². The van der Waals surface area contributed by atoms with E-state index in [1.807, 2.05) is 24.3 Å². The van der Waals surface area contributed by atoms with Gasteiger partial charge in [-0.25, -0.2) is 4.98 Å². The minimum atomic E-state index is 0.521. The Morgan fingerprint density at radius 2 is 1.92 bits per heavy atom. The highest BCUT2D eigenvalue weighted by Crippen LogP contribution is 2.29. The molecule has 2 heterocycles. The Morgan fingerprint density at radius 1 is 1.08 bits per heavy atom. The van der Waals surface area contributed by atoms with Gasteiger partial charge in [0, 0.05) is 26.7 Å². The number of hydrogen-bond acceptors (Lipinski definition) is 6. The van der Waals surface area contributed by atoms with Crippen molar-refractivity contribution < 1.29 is 4.42 Å². The van der Waals surface area contributed by atoms with Gasteiger partial charge in [0.15, 0.2) is 0 Å². The van der Waals surface area contributed by atoms with E-state index in [0.717, 1.165) is 26.3 Å². The van der Waals surface area contributed by atoms with Crippen LogP contribution in [0.15, 0.2) is 68.0 Å². The Kier molecular flexibility index (Phi) is 5.19. The molecular formula is C19H14BrN3OS2. The lowest BCUT2D eigenvalue weighted by Gasteiger charge is -1.97. The third kappa shape index (κ3) is 4.06. The molecule has 4 nitrogen and oxygen atoms in total. The Hall–Kier alpha value is -1.96. The van der Waals surface area contributed by atoms with Crippen molar-refractivity contribution in [1.82, 2.24) is 15.2 Å². The van der Waals surface area contributed by atoms with E-state index in [2.05, 4.69) is 62.7 Å². The first-order valence-electron chi connectivity index (χ1n) is 7.91. The van der Waals surface area contributed by atoms with Gasteiger partial charge in [-0.15, -0.1) is 21.5 Å². The molecule has 0 aliphatic carbocycles. The third-order valence-electron chi connectivity index (χ3n) is 3.67. The number of thioether (sulfide) groups is 1.